The van der Waals surface area contributed by atoms with Crippen LogP contribution in [0.1, 0.15) is 58.1 Å². The zero-order valence-electron chi connectivity index (χ0n) is 16.3. The molecule has 0 radical (unpaired) electrons. The topological polar surface area (TPSA) is 41.6 Å². The van der Waals surface area contributed by atoms with E-state index in [1.54, 1.807) is 0 Å². The minimum absolute atomic E-state index is 0.0400. The van der Waals surface area contributed by atoms with Crippen LogP contribution in [-0.4, -0.2) is 36.1 Å². The Bertz CT molecular complexity index is 544. The van der Waals surface area contributed by atoms with Gasteiger partial charge in [-0.15, -0.1) is 0 Å². The summed E-state index contributed by atoms with van der Waals surface area (Å²) in [4.78, 5) is 14.8. The molecule has 2 rings (SSSR count). The fourth-order valence-corrected chi connectivity index (χ4v) is 3.23. The molecule has 0 aromatic heterocycles. The van der Waals surface area contributed by atoms with Gasteiger partial charge in [-0.05, 0) is 50.3 Å². The van der Waals surface area contributed by atoms with Gasteiger partial charge >= 0.3 is 0 Å². The molecule has 0 aliphatic carbocycles. The van der Waals surface area contributed by atoms with Gasteiger partial charge < -0.3 is 10.1 Å². The molecule has 0 spiro atoms. The summed E-state index contributed by atoms with van der Waals surface area (Å²) in [5.74, 6) is 0.393. The van der Waals surface area contributed by atoms with Crippen molar-refractivity contribution in [2.45, 2.75) is 72.2 Å². The third-order valence-corrected chi connectivity index (χ3v) is 4.93. The highest BCUT2D eigenvalue weighted by molar-refractivity contribution is 5.80. The summed E-state index contributed by atoms with van der Waals surface area (Å²) < 4.78 is 5.60. The van der Waals surface area contributed by atoms with E-state index in [4.69, 9.17) is 4.74 Å². The van der Waals surface area contributed by atoms with Gasteiger partial charge in [0.05, 0.1) is 0 Å². The van der Waals surface area contributed by atoms with Gasteiger partial charge in [0, 0.05) is 25.7 Å². The smallest absolute Gasteiger partial charge is 0.249 e. The first-order valence-electron chi connectivity index (χ1n) is 9.67. The van der Waals surface area contributed by atoms with Crippen molar-refractivity contribution in [3.8, 4) is 0 Å². The Kier molecular flexibility index (Phi) is 7.91. The molecule has 1 aliphatic rings. The van der Waals surface area contributed by atoms with Crippen LogP contribution in [0, 0.1) is 5.92 Å². The largest absolute Gasteiger partial charge is 0.368 e. The van der Waals surface area contributed by atoms with E-state index in [9.17, 15) is 4.79 Å². The van der Waals surface area contributed by atoms with Crippen LogP contribution in [-0.2, 0) is 22.6 Å². The van der Waals surface area contributed by atoms with E-state index in [-0.39, 0.29) is 5.91 Å². The fraction of sp³-hybridized carbons (Fsp3) is 0.667. The molecule has 4 heteroatoms. The first kappa shape index (κ1) is 19.9. The normalized spacial score (nSPS) is 19.8. The van der Waals surface area contributed by atoms with Crippen molar-refractivity contribution in [1.82, 2.24) is 10.2 Å². The molecule has 4 nitrogen and oxygen atoms in total. The Labute approximate surface area is 152 Å². The predicted octanol–water partition coefficient (Wildman–Crippen LogP) is 3.74. The quantitative estimate of drug-likeness (QED) is 0.780. The molecule has 1 N–H and O–H groups in total. The second-order valence-electron chi connectivity index (χ2n) is 7.67. The Morgan fingerprint density at radius 1 is 1.24 bits per heavy atom. The van der Waals surface area contributed by atoms with E-state index < -0.39 is 6.10 Å². The van der Waals surface area contributed by atoms with Gasteiger partial charge in [-0.3, -0.25) is 9.69 Å². The second-order valence-corrected chi connectivity index (χ2v) is 7.67. The number of carbonyl (C=O) groups is 1. The molecule has 2 unspecified atom stereocenters. The van der Waals surface area contributed by atoms with E-state index in [2.05, 4.69) is 49.2 Å². The maximum atomic E-state index is 12.2. The van der Waals surface area contributed by atoms with Gasteiger partial charge in [0.15, 0.2) is 0 Å². The molecule has 0 bridgehead atoms. The minimum atomic E-state index is -0.406. The average molecular weight is 347 g/mol. The number of benzene rings is 1. The third kappa shape index (κ3) is 6.44. The number of carbonyl (C=O) groups excluding carboxylic acids is 1. The third-order valence-electron chi connectivity index (χ3n) is 4.93. The van der Waals surface area contributed by atoms with E-state index in [0.717, 1.165) is 6.54 Å². The molecular weight excluding hydrogens is 312 g/mol. The van der Waals surface area contributed by atoms with Crippen LogP contribution >= 0.6 is 0 Å². The molecule has 1 aromatic rings. The maximum absolute atomic E-state index is 12.2. The number of likely N-dealkylation sites (tertiary alicyclic amines) is 1. The Morgan fingerprint density at radius 3 is 2.64 bits per heavy atom. The lowest BCUT2D eigenvalue weighted by Crippen LogP contribution is -2.37. The van der Waals surface area contributed by atoms with Crippen LogP contribution in [0.3, 0.4) is 0 Å². The van der Waals surface area contributed by atoms with Crippen LogP contribution in [0.5, 0.6) is 0 Å². The standard InChI is InChI=1S/C21H34N2O2/c1-16(2)15-25-18(4)21(24)22-13-19-10-5-6-11-20(19)14-23-12-8-7-9-17(23)3/h5-6,10-11,16-18H,7-9,12-15H2,1-4H3,(H,22,24). The van der Waals surface area contributed by atoms with E-state index in [1.807, 2.05) is 13.0 Å². The molecule has 1 saturated heterocycles. The summed E-state index contributed by atoms with van der Waals surface area (Å²) in [5.41, 5.74) is 2.51. The highest BCUT2D eigenvalue weighted by Crippen LogP contribution is 2.20. The van der Waals surface area contributed by atoms with Crippen molar-refractivity contribution in [3.05, 3.63) is 35.4 Å². The summed E-state index contributed by atoms with van der Waals surface area (Å²) in [7, 11) is 0. The van der Waals surface area contributed by atoms with E-state index >= 15 is 0 Å². The predicted molar refractivity (Wildman–Crippen MR) is 102 cm³/mol. The van der Waals surface area contributed by atoms with Gasteiger partial charge in [0.1, 0.15) is 6.10 Å². The molecule has 1 heterocycles. The van der Waals surface area contributed by atoms with Crippen LogP contribution in [0.25, 0.3) is 0 Å². The number of hydrogen-bond acceptors (Lipinski definition) is 3. The SMILES string of the molecule is CC(C)COC(C)C(=O)NCc1ccccc1CN1CCCCC1C. The summed E-state index contributed by atoms with van der Waals surface area (Å²) in [6.07, 6.45) is 3.50. The molecule has 1 aliphatic heterocycles. The van der Waals surface area contributed by atoms with Crippen molar-refractivity contribution in [3.63, 3.8) is 0 Å². The highest BCUT2D eigenvalue weighted by atomic mass is 16.5. The summed E-state index contributed by atoms with van der Waals surface area (Å²) in [5, 5.41) is 3.03. The van der Waals surface area contributed by atoms with Crippen LogP contribution in [0.15, 0.2) is 24.3 Å². The second kappa shape index (κ2) is 9.93. The zero-order valence-corrected chi connectivity index (χ0v) is 16.3. The summed E-state index contributed by atoms with van der Waals surface area (Å²) in [6, 6.07) is 9.07. The summed E-state index contributed by atoms with van der Waals surface area (Å²) >= 11 is 0. The van der Waals surface area contributed by atoms with Crippen molar-refractivity contribution >= 4 is 5.91 Å². The fourth-order valence-electron chi connectivity index (χ4n) is 3.23. The number of nitrogens with one attached hydrogen (secondary N) is 1. The number of ether oxygens (including phenoxy) is 1. The van der Waals surface area contributed by atoms with Gasteiger partial charge in [0.25, 0.3) is 0 Å². The monoisotopic (exact) mass is 346 g/mol. The number of amides is 1. The van der Waals surface area contributed by atoms with Crippen molar-refractivity contribution in [2.75, 3.05) is 13.2 Å². The summed E-state index contributed by atoms with van der Waals surface area (Å²) in [6.45, 7) is 11.6. The molecule has 140 valence electrons. The maximum Gasteiger partial charge on any atom is 0.249 e. The number of nitrogens with zero attached hydrogens (tertiary/aromatic N) is 1. The van der Waals surface area contributed by atoms with Gasteiger partial charge in [0.2, 0.25) is 5.91 Å². The minimum Gasteiger partial charge on any atom is -0.368 e. The first-order chi connectivity index (χ1) is 12.0. The first-order valence-corrected chi connectivity index (χ1v) is 9.67. The van der Waals surface area contributed by atoms with Gasteiger partial charge in [-0.25, -0.2) is 0 Å². The van der Waals surface area contributed by atoms with Gasteiger partial charge in [-0.2, -0.15) is 0 Å². The zero-order chi connectivity index (χ0) is 18.2. The molecule has 1 fully saturated rings. The van der Waals surface area contributed by atoms with Crippen molar-refractivity contribution < 1.29 is 9.53 Å². The van der Waals surface area contributed by atoms with Crippen LogP contribution in [0.2, 0.25) is 0 Å². The molecule has 25 heavy (non-hydrogen) atoms. The van der Waals surface area contributed by atoms with Crippen LogP contribution < -0.4 is 5.32 Å². The average Bonchev–Trinajstić information content (AvgIpc) is 2.60. The molecule has 2 atom stereocenters. The molecule has 1 amide bonds. The Balaban J connectivity index is 1.90. The lowest BCUT2D eigenvalue weighted by atomic mass is 10.0. The number of hydrogen-bond donors (Lipinski definition) is 1. The van der Waals surface area contributed by atoms with Crippen molar-refractivity contribution in [1.29, 1.82) is 0 Å². The van der Waals surface area contributed by atoms with Crippen LogP contribution in [0.4, 0.5) is 0 Å². The molecule has 1 aromatic carbocycles. The molecular formula is C21H34N2O2. The lowest BCUT2D eigenvalue weighted by molar-refractivity contribution is -0.132. The number of rotatable bonds is 8. The van der Waals surface area contributed by atoms with Crippen molar-refractivity contribution in [2.24, 2.45) is 5.92 Å². The van der Waals surface area contributed by atoms with Gasteiger partial charge in [-0.1, -0.05) is 44.5 Å². The lowest BCUT2D eigenvalue weighted by Gasteiger charge is -2.33. The Morgan fingerprint density at radius 2 is 1.96 bits per heavy atom. The number of piperidine rings is 1. The molecule has 0 saturated carbocycles. The van der Waals surface area contributed by atoms with E-state index in [1.165, 1.54) is 36.9 Å². The van der Waals surface area contributed by atoms with E-state index in [0.29, 0.717) is 25.1 Å². The Hall–Kier alpha value is -1.39. The highest BCUT2D eigenvalue weighted by Gasteiger charge is 2.19.